The Bertz CT molecular complexity index is 1120. The van der Waals surface area contributed by atoms with E-state index >= 15 is 0 Å². The quantitative estimate of drug-likeness (QED) is 0.574. The number of carbonyl (C=O) groups is 1. The molecule has 128 valence electrons. The van der Waals surface area contributed by atoms with Gasteiger partial charge in [-0.3, -0.25) is 5.10 Å². The van der Waals surface area contributed by atoms with Crippen molar-refractivity contribution in [2.24, 2.45) is 0 Å². The summed E-state index contributed by atoms with van der Waals surface area (Å²) in [6.45, 7) is 1.98. The SMILES string of the molecule is Cc1ccc(-c2[nH]nc3nc(-c4ccc(F)cc4)cc(C(=O)O)c23)cc1. The maximum Gasteiger partial charge on any atom is 0.336 e. The zero-order chi connectivity index (χ0) is 18.3. The highest BCUT2D eigenvalue weighted by atomic mass is 19.1. The number of carboxylic acid groups (broad SMARTS) is 1. The summed E-state index contributed by atoms with van der Waals surface area (Å²) in [6.07, 6.45) is 0. The van der Waals surface area contributed by atoms with E-state index in [9.17, 15) is 14.3 Å². The lowest BCUT2D eigenvalue weighted by Gasteiger charge is -2.06. The molecule has 0 unspecified atom stereocenters. The van der Waals surface area contributed by atoms with Gasteiger partial charge in [0.15, 0.2) is 5.65 Å². The van der Waals surface area contributed by atoms with Crippen LogP contribution < -0.4 is 0 Å². The smallest absolute Gasteiger partial charge is 0.336 e. The second kappa shape index (κ2) is 6.07. The van der Waals surface area contributed by atoms with Gasteiger partial charge in [0.1, 0.15) is 5.82 Å². The Morgan fingerprint density at radius 2 is 1.69 bits per heavy atom. The molecule has 0 atom stereocenters. The van der Waals surface area contributed by atoms with Crippen LogP contribution in [0.2, 0.25) is 0 Å². The molecule has 0 fully saturated rings. The minimum absolute atomic E-state index is 0.0960. The van der Waals surface area contributed by atoms with Crippen LogP contribution in [0.4, 0.5) is 4.39 Å². The largest absolute Gasteiger partial charge is 0.478 e. The summed E-state index contributed by atoms with van der Waals surface area (Å²) in [5, 5.41) is 17.2. The first-order chi connectivity index (χ1) is 12.5. The first-order valence-electron chi connectivity index (χ1n) is 7.98. The van der Waals surface area contributed by atoms with Crippen LogP contribution in [0.15, 0.2) is 54.6 Å². The van der Waals surface area contributed by atoms with Gasteiger partial charge in [-0.2, -0.15) is 5.10 Å². The van der Waals surface area contributed by atoms with Crippen molar-refractivity contribution in [3.8, 4) is 22.5 Å². The van der Waals surface area contributed by atoms with Gasteiger partial charge in [-0.25, -0.2) is 14.2 Å². The van der Waals surface area contributed by atoms with Crippen molar-refractivity contribution in [2.75, 3.05) is 0 Å². The second-order valence-corrected chi connectivity index (χ2v) is 6.03. The van der Waals surface area contributed by atoms with E-state index < -0.39 is 5.97 Å². The number of fused-ring (bicyclic) bond motifs is 1. The molecule has 4 rings (SSSR count). The van der Waals surface area contributed by atoms with Crippen LogP contribution in [-0.4, -0.2) is 26.3 Å². The molecule has 0 saturated heterocycles. The van der Waals surface area contributed by atoms with E-state index in [0.717, 1.165) is 11.1 Å². The number of nitrogens with one attached hydrogen (secondary N) is 1. The number of carboxylic acids is 1. The fourth-order valence-corrected chi connectivity index (χ4v) is 2.89. The molecule has 6 heteroatoms. The molecule has 0 spiro atoms. The van der Waals surface area contributed by atoms with Crippen LogP contribution in [0.3, 0.4) is 0 Å². The van der Waals surface area contributed by atoms with Gasteiger partial charge in [-0.05, 0) is 37.3 Å². The number of hydrogen-bond acceptors (Lipinski definition) is 3. The van der Waals surface area contributed by atoms with Crippen molar-refractivity contribution in [2.45, 2.75) is 6.92 Å². The maximum atomic E-state index is 13.2. The Balaban J connectivity index is 1.94. The number of aromatic nitrogens is 3. The summed E-state index contributed by atoms with van der Waals surface area (Å²) in [4.78, 5) is 16.3. The van der Waals surface area contributed by atoms with Crippen LogP contribution in [0.25, 0.3) is 33.5 Å². The summed E-state index contributed by atoms with van der Waals surface area (Å²) < 4.78 is 13.2. The molecule has 4 aromatic rings. The number of benzene rings is 2. The standard InChI is InChI=1S/C20H14FN3O2/c1-11-2-4-13(5-3-11)18-17-15(20(25)26)10-16(22-19(17)24-23-18)12-6-8-14(21)9-7-12/h2-10H,1H3,(H,25,26)(H,22,23,24). The Hall–Kier alpha value is -3.54. The van der Waals surface area contributed by atoms with E-state index in [1.165, 1.54) is 18.2 Å². The molecule has 5 nitrogen and oxygen atoms in total. The summed E-state index contributed by atoms with van der Waals surface area (Å²) >= 11 is 0. The van der Waals surface area contributed by atoms with Crippen molar-refractivity contribution >= 4 is 17.0 Å². The molecular weight excluding hydrogens is 333 g/mol. The fraction of sp³-hybridized carbons (Fsp3) is 0.0500. The minimum atomic E-state index is -1.07. The summed E-state index contributed by atoms with van der Waals surface area (Å²) in [7, 11) is 0. The number of aryl methyl sites for hydroxylation is 1. The molecule has 0 radical (unpaired) electrons. The highest BCUT2D eigenvalue weighted by molar-refractivity contribution is 6.08. The van der Waals surface area contributed by atoms with E-state index in [4.69, 9.17) is 0 Å². The number of aromatic amines is 1. The number of pyridine rings is 1. The molecule has 2 N–H and O–H groups in total. The molecule has 2 aromatic carbocycles. The Morgan fingerprint density at radius 3 is 2.35 bits per heavy atom. The highest BCUT2D eigenvalue weighted by Gasteiger charge is 2.19. The van der Waals surface area contributed by atoms with Gasteiger partial charge >= 0.3 is 5.97 Å². The van der Waals surface area contributed by atoms with Gasteiger partial charge < -0.3 is 5.11 Å². The van der Waals surface area contributed by atoms with Crippen LogP contribution in [0.5, 0.6) is 0 Å². The van der Waals surface area contributed by atoms with Gasteiger partial charge in [0.25, 0.3) is 0 Å². The van der Waals surface area contributed by atoms with Crippen LogP contribution >= 0.6 is 0 Å². The van der Waals surface area contributed by atoms with Crippen LogP contribution in [0.1, 0.15) is 15.9 Å². The number of halogens is 1. The molecule has 0 amide bonds. The van der Waals surface area contributed by atoms with Crippen LogP contribution in [0, 0.1) is 12.7 Å². The summed E-state index contributed by atoms with van der Waals surface area (Å²) in [5.41, 5.74) is 3.99. The van der Waals surface area contributed by atoms with Gasteiger partial charge in [0.2, 0.25) is 0 Å². The van der Waals surface area contributed by atoms with E-state index in [1.807, 2.05) is 31.2 Å². The lowest BCUT2D eigenvalue weighted by Crippen LogP contribution is -2.00. The van der Waals surface area contributed by atoms with E-state index in [-0.39, 0.29) is 11.4 Å². The first-order valence-corrected chi connectivity index (χ1v) is 7.98. The topological polar surface area (TPSA) is 78.9 Å². The Labute approximate surface area is 148 Å². The van der Waals surface area contributed by atoms with Gasteiger partial charge in [-0.1, -0.05) is 29.8 Å². The predicted molar refractivity (Wildman–Crippen MR) is 96.4 cm³/mol. The van der Waals surface area contributed by atoms with Crippen molar-refractivity contribution in [3.05, 3.63) is 71.5 Å². The molecule has 26 heavy (non-hydrogen) atoms. The van der Waals surface area contributed by atoms with Crippen molar-refractivity contribution in [1.82, 2.24) is 15.2 Å². The van der Waals surface area contributed by atoms with Gasteiger partial charge in [0.05, 0.1) is 22.3 Å². The van der Waals surface area contributed by atoms with E-state index in [2.05, 4.69) is 15.2 Å². The minimum Gasteiger partial charge on any atom is -0.478 e. The zero-order valence-corrected chi connectivity index (χ0v) is 13.8. The average molecular weight is 347 g/mol. The lowest BCUT2D eigenvalue weighted by atomic mass is 10.0. The zero-order valence-electron chi connectivity index (χ0n) is 13.8. The third-order valence-corrected chi connectivity index (χ3v) is 4.23. The highest BCUT2D eigenvalue weighted by Crippen LogP contribution is 2.31. The van der Waals surface area contributed by atoms with E-state index in [0.29, 0.717) is 28.0 Å². The van der Waals surface area contributed by atoms with E-state index in [1.54, 1.807) is 12.1 Å². The third-order valence-electron chi connectivity index (χ3n) is 4.23. The van der Waals surface area contributed by atoms with Gasteiger partial charge in [-0.15, -0.1) is 0 Å². The molecule has 2 heterocycles. The number of nitrogens with zero attached hydrogens (tertiary/aromatic N) is 2. The second-order valence-electron chi connectivity index (χ2n) is 6.03. The third kappa shape index (κ3) is 2.71. The average Bonchev–Trinajstić information content (AvgIpc) is 3.06. The molecule has 0 aliphatic rings. The molecule has 0 aliphatic heterocycles. The van der Waals surface area contributed by atoms with Crippen molar-refractivity contribution < 1.29 is 14.3 Å². The van der Waals surface area contributed by atoms with Crippen molar-refractivity contribution in [3.63, 3.8) is 0 Å². The molecule has 2 aromatic heterocycles. The normalized spacial score (nSPS) is 11.0. The van der Waals surface area contributed by atoms with Crippen LogP contribution in [-0.2, 0) is 0 Å². The number of rotatable bonds is 3. The molecule has 0 saturated carbocycles. The number of aromatic carboxylic acids is 1. The monoisotopic (exact) mass is 347 g/mol. The molecular formula is C20H14FN3O2. The Kier molecular flexibility index (Phi) is 3.73. The number of hydrogen-bond donors (Lipinski definition) is 2. The maximum absolute atomic E-state index is 13.2. The fourth-order valence-electron chi connectivity index (χ4n) is 2.89. The van der Waals surface area contributed by atoms with Crippen molar-refractivity contribution in [1.29, 1.82) is 0 Å². The molecule has 0 aliphatic carbocycles. The lowest BCUT2D eigenvalue weighted by molar-refractivity contribution is 0.0699. The first kappa shape index (κ1) is 16.0. The summed E-state index contributed by atoms with van der Waals surface area (Å²) in [6, 6.07) is 14.9. The predicted octanol–water partition coefficient (Wildman–Crippen LogP) is 4.44. The Morgan fingerprint density at radius 1 is 1.04 bits per heavy atom. The van der Waals surface area contributed by atoms with Gasteiger partial charge in [0, 0.05) is 11.1 Å². The molecule has 0 bridgehead atoms. The number of H-pyrrole nitrogens is 1. The summed E-state index contributed by atoms with van der Waals surface area (Å²) in [5.74, 6) is -1.44.